The van der Waals surface area contributed by atoms with Gasteiger partial charge in [-0.25, -0.2) is 0 Å². The van der Waals surface area contributed by atoms with E-state index in [0.717, 1.165) is 5.75 Å². The van der Waals surface area contributed by atoms with Crippen LogP contribution >= 0.6 is 11.3 Å². The Kier molecular flexibility index (Phi) is 4.27. The molecule has 1 heterocycles. The summed E-state index contributed by atoms with van der Waals surface area (Å²) in [7, 11) is 3.74. The number of rotatable bonds is 4. The van der Waals surface area contributed by atoms with Crippen LogP contribution in [0.2, 0.25) is 0 Å². The van der Waals surface area contributed by atoms with Gasteiger partial charge in [-0.3, -0.25) is 0 Å². The van der Waals surface area contributed by atoms with Crippen molar-refractivity contribution in [3.63, 3.8) is 0 Å². The van der Waals surface area contributed by atoms with Crippen LogP contribution in [-0.4, -0.2) is 14.2 Å². The molecule has 1 aromatic carbocycles. The third-order valence-electron chi connectivity index (χ3n) is 3.72. The second kappa shape index (κ2) is 5.76. The zero-order valence-corrected chi connectivity index (χ0v) is 13.0. The van der Waals surface area contributed by atoms with Gasteiger partial charge >= 0.3 is 0 Å². The molecule has 0 saturated carbocycles. The van der Waals surface area contributed by atoms with Crippen LogP contribution in [0.1, 0.15) is 33.9 Å². The third kappa shape index (κ3) is 2.53. The van der Waals surface area contributed by atoms with E-state index in [4.69, 9.17) is 4.74 Å². The van der Waals surface area contributed by atoms with Gasteiger partial charge in [0, 0.05) is 5.56 Å². The van der Waals surface area contributed by atoms with Gasteiger partial charge in [-0.15, -0.1) is 0 Å². The number of hydrogen-bond donors (Lipinski definition) is 1. The van der Waals surface area contributed by atoms with Gasteiger partial charge in [0.15, 0.2) is 0 Å². The van der Waals surface area contributed by atoms with Gasteiger partial charge in [0.2, 0.25) is 0 Å². The molecule has 0 bridgehead atoms. The molecule has 0 aliphatic rings. The summed E-state index contributed by atoms with van der Waals surface area (Å²) in [6.45, 7) is 6.39. The Balaban J connectivity index is 2.56. The predicted octanol–water partition coefficient (Wildman–Crippen LogP) is 3.99. The summed E-state index contributed by atoms with van der Waals surface area (Å²) >= 11 is 1.74. The summed E-state index contributed by atoms with van der Waals surface area (Å²) in [5.74, 6) is 0.991. The van der Waals surface area contributed by atoms with Crippen molar-refractivity contribution < 1.29 is 4.74 Å². The summed E-state index contributed by atoms with van der Waals surface area (Å²) in [5, 5.41) is 7.81. The Hall–Kier alpha value is -1.32. The van der Waals surface area contributed by atoms with Crippen LogP contribution in [0.25, 0.3) is 0 Å². The quantitative estimate of drug-likeness (QED) is 0.911. The van der Waals surface area contributed by atoms with E-state index in [1.165, 1.54) is 27.8 Å². The predicted molar refractivity (Wildman–Crippen MR) is 82.4 cm³/mol. The summed E-state index contributed by atoms with van der Waals surface area (Å²) in [4.78, 5) is 0. The van der Waals surface area contributed by atoms with E-state index < -0.39 is 0 Å². The van der Waals surface area contributed by atoms with E-state index in [1.54, 1.807) is 18.4 Å². The molecule has 0 amide bonds. The standard InChI is InChI=1S/C16H21NOS/c1-10-6-7-13(16(18-5)12(10)3)15(17-4)14-9-19-8-11(14)2/h6-9,15,17H,1-5H3. The second-order valence-corrected chi connectivity index (χ2v) is 5.61. The van der Waals surface area contributed by atoms with E-state index in [0.29, 0.717) is 0 Å². The topological polar surface area (TPSA) is 21.3 Å². The first-order chi connectivity index (χ1) is 9.10. The van der Waals surface area contributed by atoms with E-state index in [9.17, 15) is 0 Å². The molecule has 1 atom stereocenters. The highest BCUT2D eigenvalue weighted by Crippen LogP contribution is 2.35. The minimum absolute atomic E-state index is 0.181. The van der Waals surface area contributed by atoms with Crippen molar-refractivity contribution in [2.75, 3.05) is 14.2 Å². The zero-order valence-electron chi connectivity index (χ0n) is 12.2. The van der Waals surface area contributed by atoms with Gasteiger partial charge in [-0.1, -0.05) is 12.1 Å². The fourth-order valence-electron chi connectivity index (χ4n) is 2.45. The first-order valence-electron chi connectivity index (χ1n) is 6.44. The molecule has 0 radical (unpaired) electrons. The van der Waals surface area contributed by atoms with Crippen molar-refractivity contribution in [3.05, 3.63) is 50.7 Å². The first-order valence-corrected chi connectivity index (χ1v) is 7.38. The molecular formula is C16H21NOS. The van der Waals surface area contributed by atoms with Gasteiger partial charge in [0.1, 0.15) is 5.75 Å². The van der Waals surface area contributed by atoms with Gasteiger partial charge in [0.05, 0.1) is 13.2 Å². The number of aryl methyl sites for hydroxylation is 2. The average Bonchev–Trinajstić information content (AvgIpc) is 2.81. The highest BCUT2D eigenvalue weighted by molar-refractivity contribution is 7.08. The minimum atomic E-state index is 0.181. The number of hydrogen-bond acceptors (Lipinski definition) is 3. The first kappa shape index (κ1) is 14.1. The summed E-state index contributed by atoms with van der Waals surface area (Å²) in [6, 6.07) is 4.51. The number of methoxy groups -OCH3 is 1. The maximum Gasteiger partial charge on any atom is 0.127 e. The molecule has 19 heavy (non-hydrogen) atoms. The number of thiophene rings is 1. The number of benzene rings is 1. The summed E-state index contributed by atoms with van der Waals surface area (Å²) in [5.41, 5.74) is 6.33. The fourth-order valence-corrected chi connectivity index (χ4v) is 3.33. The van der Waals surface area contributed by atoms with Crippen molar-refractivity contribution in [1.82, 2.24) is 5.32 Å². The average molecular weight is 275 g/mol. The molecule has 2 nitrogen and oxygen atoms in total. The van der Waals surface area contributed by atoms with Crippen molar-refractivity contribution in [1.29, 1.82) is 0 Å². The molecule has 0 fully saturated rings. The lowest BCUT2D eigenvalue weighted by molar-refractivity contribution is 0.402. The van der Waals surface area contributed by atoms with Crippen LogP contribution in [0.15, 0.2) is 22.9 Å². The Labute approximate surface area is 119 Å². The number of nitrogens with one attached hydrogen (secondary N) is 1. The molecule has 0 spiro atoms. The SMILES string of the molecule is CNC(c1cscc1C)c1ccc(C)c(C)c1OC. The van der Waals surface area contributed by atoms with Crippen LogP contribution in [0, 0.1) is 20.8 Å². The molecule has 1 N–H and O–H groups in total. The van der Waals surface area contributed by atoms with Crippen LogP contribution in [-0.2, 0) is 0 Å². The largest absolute Gasteiger partial charge is 0.496 e. The monoisotopic (exact) mass is 275 g/mol. The van der Waals surface area contributed by atoms with Crippen LogP contribution in [0.4, 0.5) is 0 Å². The van der Waals surface area contributed by atoms with Crippen molar-refractivity contribution in [2.24, 2.45) is 0 Å². The van der Waals surface area contributed by atoms with Crippen molar-refractivity contribution in [3.8, 4) is 5.75 Å². The Bertz CT molecular complexity index is 574. The van der Waals surface area contributed by atoms with Gasteiger partial charge < -0.3 is 10.1 Å². The van der Waals surface area contributed by atoms with Crippen molar-refractivity contribution >= 4 is 11.3 Å². The summed E-state index contributed by atoms with van der Waals surface area (Å²) < 4.78 is 5.64. The Morgan fingerprint density at radius 3 is 2.32 bits per heavy atom. The minimum Gasteiger partial charge on any atom is -0.496 e. The van der Waals surface area contributed by atoms with E-state index >= 15 is 0 Å². The molecule has 1 aromatic heterocycles. The molecule has 0 aliphatic carbocycles. The normalized spacial score (nSPS) is 12.5. The molecule has 2 rings (SSSR count). The number of ether oxygens (including phenoxy) is 1. The molecular weight excluding hydrogens is 254 g/mol. The van der Waals surface area contributed by atoms with E-state index in [-0.39, 0.29) is 6.04 Å². The van der Waals surface area contributed by atoms with E-state index in [1.807, 2.05) is 7.05 Å². The molecule has 0 aliphatic heterocycles. The molecule has 3 heteroatoms. The van der Waals surface area contributed by atoms with Crippen LogP contribution in [0.5, 0.6) is 5.75 Å². The maximum atomic E-state index is 5.64. The summed E-state index contributed by atoms with van der Waals surface area (Å²) in [6.07, 6.45) is 0. The van der Waals surface area contributed by atoms with E-state index in [2.05, 4.69) is 49.0 Å². The zero-order chi connectivity index (χ0) is 14.0. The smallest absolute Gasteiger partial charge is 0.127 e. The molecule has 102 valence electrons. The molecule has 1 unspecified atom stereocenters. The fraction of sp³-hybridized carbons (Fsp3) is 0.375. The van der Waals surface area contributed by atoms with Crippen LogP contribution < -0.4 is 10.1 Å². The lowest BCUT2D eigenvalue weighted by Gasteiger charge is -2.22. The Morgan fingerprint density at radius 1 is 1.05 bits per heavy atom. The Morgan fingerprint density at radius 2 is 1.79 bits per heavy atom. The molecule has 2 aromatic rings. The van der Waals surface area contributed by atoms with Crippen molar-refractivity contribution in [2.45, 2.75) is 26.8 Å². The highest BCUT2D eigenvalue weighted by Gasteiger charge is 2.20. The highest BCUT2D eigenvalue weighted by atomic mass is 32.1. The lowest BCUT2D eigenvalue weighted by atomic mass is 9.94. The molecule has 0 saturated heterocycles. The van der Waals surface area contributed by atoms with Gasteiger partial charge in [-0.05, 0) is 60.8 Å². The maximum absolute atomic E-state index is 5.64. The van der Waals surface area contributed by atoms with Gasteiger partial charge in [-0.2, -0.15) is 11.3 Å². The third-order valence-corrected chi connectivity index (χ3v) is 4.60. The lowest BCUT2D eigenvalue weighted by Crippen LogP contribution is -2.19. The van der Waals surface area contributed by atoms with Crippen LogP contribution in [0.3, 0.4) is 0 Å². The second-order valence-electron chi connectivity index (χ2n) is 4.86. The van der Waals surface area contributed by atoms with Gasteiger partial charge in [0.25, 0.3) is 0 Å².